The molecular formula is C23H29N3O7. The zero-order chi connectivity index (χ0) is 24.9. The first-order valence-corrected chi connectivity index (χ1v) is 10.5. The van der Waals surface area contributed by atoms with E-state index in [0.717, 1.165) is 0 Å². The molecule has 2 rings (SSSR count). The third-order valence-electron chi connectivity index (χ3n) is 5.00. The van der Waals surface area contributed by atoms with E-state index in [1.807, 2.05) is 0 Å². The van der Waals surface area contributed by atoms with Crippen molar-refractivity contribution in [3.05, 3.63) is 51.2 Å². The number of nitrogens with one attached hydrogen (secondary N) is 1. The van der Waals surface area contributed by atoms with Gasteiger partial charge in [-0.15, -0.1) is 0 Å². The van der Waals surface area contributed by atoms with E-state index >= 15 is 0 Å². The number of aliphatic imine (C=N–C) groups is 1. The van der Waals surface area contributed by atoms with Gasteiger partial charge < -0.3 is 14.8 Å². The molecular weight excluding hydrogens is 430 g/mol. The van der Waals surface area contributed by atoms with Crippen LogP contribution in [0.25, 0.3) is 0 Å². The predicted octanol–water partition coefficient (Wildman–Crippen LogP) is 3.06. The van der Waals surface area contributed by atoms with Crippen LogP contribution in [0.5, 0.6) is 0 Å². The molecule has 1 amide bonds. The van der Waals surface area contributed by atoms with E-state index in [9.17, 15) is 24.5 Å². The van der Waals surface area contributed by atoms with Crippen LogP contribution in [0.1, 0.15) is 52.5 Å². The highest BCUT2D eigenvalue weighted by molar-refractivity contribution is 6.08. The minimum absolute atomic E-state index is 0.155. The number of rotatable bonds is 7. The van der Waals surface area contributed by atoms with Crippen LogP contribution in [0.4, 0.5) is 5.69 Å². The molecule has 0 aromatic heterocycles. The second-order valence-corrected chi connectivity index (χ2v) is 8.57. The highest BCUT2D eigenvalue weighted by atomic mass is 16.6. The fraction of sp³-hybridized carbons (Fsp3) is 0.478. The zero-order valence-corrected chi connectivity index (χ0v) is 19.6. The van der Waals surface area contributed by atoms with Gasteiger partial charge in [0.25, 0.3) is 5.69 Å². The Morgan fingerprint density at radius 3 is 2.45 bits per heavy atom. The smallest absolute Gasteiger partial charge is 0.325 e. The van der Waals surface area contributed by atoms with Gasteiger partial charge in [-0.1, -0.05) is 19.1 Å². The van der Waals surface area contributed by atoms with Crippen molar-refractivity contribution in [2.75, 3.05) is 13.7 Å². The fourth-order valence-corrected chi connectivity index (χ4v) is 3.72. The molecule has 1 aromatic rings. The van der Waals surface area contributed by atoms with Crippen molar-refractivity contribution in [2.45, 2.75) is 52.6 Å². The van der Waals surface area contributed by atoms with Gasteiger partial charge in [0.2, 0.25) is 5.91 Å². The van der Waals surface area contributed by atoms with Crippen LogP contribution in [0.15, 0.2) is 40.5 Å². The van der Waals surface area contributed by atoms with Crippen LogP contribution in [0.3, 0.4) is 0 Å². The topological polar surface area (TPSA) is 137 Å². The number of methoxy groups -OCH3 is 1. The summed E-state index contributed by atoms with van der Waals surface area (Å²) in [6.45, 7) is 8.20. The van der Waals surface area contributed by atoms with Crippen LogP contribution in [-0.2, 0) is 23.9 Å². The number of carbonyl (C=O) groups is 3. The fourth-order valence-electron chi connectivity index (χ4n) is 3.72. The lowest BCUT2D eigenvalue weighted by Gasteiger charge is -2.32. The van der Waals surface area contributed by atoms with Gasteiger partial charge in [0.05, 0.1) is 12.0 Å². The largest absolute Gasteiger partial charge is 0.468 e. The van der Waals surface area contributed by atoms with E-state index in [-0.39, 0.29) is 17.8 Å². The Labute approximate surface area is 192 Å². The van der Waals surface area contributed by atoms with Crippen molar-refractivity contribution < 1.29 is 28.8 Å². The Balaban J connectivity index is 2.55. The van der Waals surface area contributed by atoms with E-state index in [1.54, 1.807) is 40.7 Å². The number of nitro groups is 1. The summed E-state index contributed by atoms with van der Waals surface area (Å²) < 4.78 is 10.2. The molecule has 0 aliphatic carbocycles. The Kier molecular flexibility index (Phi) is 8.08. The summed E-state index contributed by atoms with van der Waals surface area (Å²) in [7, 11) is 1.22. The van der Waals surface area contributed by atoms with Gasteiger partial charge in [-0.25, -0.2) is 0 Å². The summed E-state index contributed by atoms with van der Waals surface area (Å²) in [4.78, 5) is 53.3. The summed E-state index contributed by atoms with van der Waals surface area (Å²) in [6.07, 6.45) is 0.367. The standard InChI is InChI=1S/C23H29N3O7/c1-7-16-20(21(28)24-12-17(27)33-23(3,4)5)19(18(13(2)25-16)22(29)32-6)14-9-8-10-15(11-14)26(30)31/h8-11,18-19H,7,12H2,1-6H3,(H,24,28). The minimum atomic E-state index is -0.963. The van der Waals surface area contributed by atoms with Crippen molar-refractivity contribution in [1.82, 2.24) is 5.32 Å². The first kappa shape index (κ1) is 25.7. The third kappa shape index (κ3) is 6.24. The number of hydrogen-bond donors (Lipinski definition) is 1. The molecule has 0 fully saturated rings. The quantitative estimate of drug-likeness (QED) is 0.376. The summed E-state index contributed by atoms with van der Waals surface area (Å²) >= 11 is 0. The molecule has 1 aliphatic heterocycles. The highest BCUT2D eigenvalue weighted by Crippen LogP contribution is 2.41. The molecule has 0 bridgehead atoms. The molecule has 33 heavy (non-hydrogen) atoms. The third-order valence-corrected chi connectivity index (χ3v) is 5.00. The Morgan fingerprint density at radius 2 is 1.91 bits per heavy atom. The number of ether oxygens (including phenoxy) is 2. The molecule has 1 aliphatic rings. The maximum absolute atomic E-state index is 13.3. The summed E-state index contributed by atoms with van der Waals surface area (Å²) in [5, 5.41) is 13.9. The first-order valence-electron chi connectivity index (χ1n) is 10.5. The van der Waals surface area contributed by atoms with Gasteiger partial charge >= 0.3 is 11.9 Å². The number of non-ortho nitro benzene ring substituents is 1. The van der Waals surface area contributed by atoms with Gasteiger partial charge in [0.15, 0.2) is 0 Å². The number of allylic oxidation sites excluding steroid dienone is 1. The molecule has 178 valence electrons. The van der Waals surface area contributed by atoms with E-state index in [4.69, 9.17) is 9.47 Å². The molecule has 1 heterocycles. The van der Waals surface area contributed by atoms with Crippen molar-refractivity contribution in [1.29, 1.82) is 0 Å². The van der Waals surface area contributed by atoms with Gasteiger partial charge in [-0.3, -0.25) is 29.5 Å². The second-order valence-electron chi connectivity index (χ2n) is 8.57. The van der Waals surface area contributed by atoms with Gasteiger partial charge in [-0.2, -0.15) is 0 Å². The zero-order valence-electron chi connectivity index (χ0n) is 19.6. The SMILES string of the molecule is CCC1=C(C(=O)NCC(=O)OC(C)(C)C)C(c2cccc([N+](=O)[O-])c2)C(C(=O)OC)C(C)=N1. The Hall–Kier alpha value is -3.56. The van der Waals surface area contributed by atoms with Crippen LogP contribution >= 0.6 is 0 Å². The first-order chi connectivity index (χ1) is 15.4. The van der Waals surface area contributed by atoms with Crippen molar-refractivity contribution in [3.63, 3.8) is 0 Å². The average Bonchev–Trinajstić information content (AvgIpc) is 2.74. The van der Waals surface area contributed by atoms with Crippen molar-refractivity contribution >= 4 is 29.2 Å². The number of hydrogen-bond acceptors (Lipinski definition) is 8. The maximum Gasteiger partial charge on any atom is 0.325 e. The highest BCUT2D eigenvalue weighted by Gasteiger charge is 2.42. The Morgan fingerprint density at radius 1 is 1.24 bits per heavy atom. The molecule has 2 unspecified atom stereocenters. The minimum Gasteiger partial charge on any atom is -0.468 e. The summed E-state index contributed by atoms with van der Waals surface area (Å²) in [6, 6.07) is 5.76. The van der Waals surface area contributed by atoms with E-state index in [1.165, 1.54) is 25.3 Å². The number of nitro benzene ring substituents is 1. The van der Waals surface area contributed by atoms with Crippen LogP contribution in [0, 0.1) is 16.0 Å². The molecule has 0 radical (unpaired) electrons. The molecule has 2 atom stereocenters. The van der Waals surface area contributed by atoms with Gasteiger partial charge in [0.1, 0.15) is 18.1 Å². The van der Waals surface area contributed by atoms with Crippen LogP contribution < -0.4 is 5.32 Å². The maximum atomic E-state index is 13.3. The molecule has 0 saturated carbocycles. The van der Waals surface area contributed by atoms with Gasteiger partial charge in [-0.05, 0) is 39.7 Å². The van der Waals surface area contributed by atoms with Crippen molar-refractivity contribution in [2.24, 2.45) is 10.9 Å². The number of nitrogens with zero attached hydrogens (tertiary/aromatic N) is 2. The number of esters is 2. The number of benzene rings is 1. The second kappa shape index (κ2) is 10.4. The molecule has 1 N–H and O–H groups in total. The van der Waals surface area contributed by atoms with Gasteiger partial charge in [0, 0.05) is 35.0 Å². The summed E-state index contributed by atoms with van der Waals surface area (Å²) in [5.74, 6) is -3.71. The monoisotopic (exact) mass is 459 g/mol. The normalized spacial score (nSPS) is 18.3. The lowest BCUT2D eigenvalue weighted by Crippen LogP contribution is -2.41. The number of amides is 1. The lowest BCUT2D eigenvalue weighted by molar-refractivity contribution is -0.384. The van der Waals surface area contributed by atoms with E-state index in [2.05, 4.69) is 10.3 Å². The summed E-state index contributed by atoms with van der Waals surface area (Å²) in [5.41, 5.74) is 0.501. The molecule has 0 saturated heterocycles. The number of carbonyl (C=O) groups excluding carboxylic acids is 3. The average molecular weight is 459 g/mol. The predicted molar refractivity (Wildman–Crippen MR) is 121 cm³/mol. The van der Waals surface area contributed by atoms with E-state index < -0.39 is 40.2 Å². The van der Waals surface area contributed by atoms with Crippen LogP contribution in [0.2, 0.25) is 0 Å². The van der Waals surface area contributed by atoms with Crippen LogP contribution in [-0.4, -0.2) is 47.7 Å². The molecule has 10 nitrogen and oxygen atoms in total. The Bertz CT molecular complexity index is 1020. The molecule has 1 aromatic carbocycles. The lowest BCUT2D eigenvalue weighted by atomic mass is 9.75. The van der Waals surface area contributed by atoms with E-state index in [0.29, 0.717) is 23.4 Å². The molecule has 0 spiro atoms. The molecule has 10 heteroatoms. The van der Waals surface area contributed by atoms with Crippen molar-refractivity contribution in [3.8, 4) is 0 Å².